The molecule has 3 fully saturated rings. The van der Waals surface area contributed by atoms with Gasteiger partial charge in [0.25, 0.3) is 0 Å². The van der Waals surface area contributed by atoms with Crippen LogP contribution in [0, 0.1) is 22.7 Å². The smallest absolute Gasteiger partial charge is 0.235 e. The van der Waals surface area contributed by atoms with Crippen LogP contribution < -0.4 is 4.90 Å². The van der Waals surface area contributed by atoms with Gasteiger partial charge in [-0.1, -0.05) is 50.3 Å². The summed E-state index contributed by atoms with van der Waals surface area (Å²) >= 11 is 0. The van der Waals surface area contributed by atoms with Crippen LogP contribution in [0.4, 0.5) is 5.69 Å². The van der Waals surface area contributed by atoms with Crippen LogP contribution in [0.3, 0.4) is 0 Å². The summed E-state index contributed by atoms with van der Waals surface area (Å²) in [5.41, 5.74) is 2.45. The van der Waals surface area contributed by atoms with Crippen molar-refractivity contribution in [3.05, 3.63) is 54.6 Å². The van der Waals surface area contributed by atoms with Gasteiger partial charge in [-0.3, -0.25) is 4.79 Å². The van der Waals surface area contributed by atoms with Crippen LogP contribution in [0.25, 0.3) is 0 Å². The molecule has 2 aliphatic carbocycles. The minimum atomic E-state index is -0.804. The fourth-order valence-electron chi connectivity index (χ4n) is 8.57. The summed E-state index contributed by atoms with van der Waals surface area (Å²) in [5, 5.41) is 10.6. The minimum absolute atomic E-state index is 0.0559. The lowest BCUT2D eigenvalue weighted by Gasteiger charge is -2.62. The summed E-state index contributed by atoms with van der Waals surface area (Å²) in [6, 6.07) is 8.30. The maximum atomic E-state index is 13.9. The second-order valence-electron chi connectivity index (χ2n) is 14.0. The normalized spacial score (nSPS) is 38.1. The number of hydrogen-bond donors (Lipinski definition) is 1. The van der Waals surface area contributed by atoms with E-state index in [9.17, 15) is 9.90 Å². The lowest BCUT2D eigenvalue weighted by Crippen LogP contribution is -2.60. The number of rotatable bonds is 5. The van der Waals surface area contributed by atoms with Crippen molar-refractivity contribution in [2.24, 2.45) is 22.7 Å². The Morgan fingerprint density at radius 2 is 1.81 bits per heavy atom. The first-order valence-electron chi connectivity index (χ1n) is 14.4. The molecule has 0 spiro atoms. The van der Waals surface area contributed by atoms with E-state index in [1.165, 1.54) is 5.57 Å². The Morgan fingerprint density at radius 3 is 2.49 bits per heavy atom. The molecule has 1 aromatic rings. The fourth-order valence-corrected chi connectivity index (χ4v) is 8.57. The molecule has 0 bridgehead atoms. The highest BCUT2D eigenvalue weighted by atomic mass is 16.5. The number of carbonyl (C=O) groups is 1. The number of para-hydroxylation sites is 1. The largest absolute Gasteiger partial charge is 0.388 e. The average Bonchev–Trinajstić information content (AvgIpc) is 3.12. The number of amides is 1. The highest BCUT2D eigenvalue weighted by Crippen LogP contribution is 2.65. The molecule has 37 heavy (non-hydrogen) atoms. The van der Waals surface area contributed by atoms with Gasteiger partial charge in [-0.15, -0.1) is 6.58 Å². The van der Waals surface area contributed by atoms with Crippen LogP contribution in [0.1, 0.15) is 98.0 Å². The molecule has 4 nitrogen and oxygen atoms in total. The third kappa shape index (κ3) is 4.05. The SMILES string of the molecule is C=CC(C)(C)N1C(=O)[C@@H](C[C@@H]2CC[C@H]3[C@]4(C)CC[C@@H](C(C)(C)O)O[C@H]4CC[C@]3(C)C2=C)c2ccccc21. The number of allylic oxidation sites excluding steroid dienone is 1. The summed E-state index contributed by atoms with van der Waals surface area (Å²) in [7, 11) is 0. The van der Waals surface area contributed by atoms with Gasteiger partial charge in [0, 0.05) is 5.69 Å². The number of benzene rings is 1. The predicted molar refractivity (Wildman–Crippen MR) is 151 cm³/mol. The number of hydrogen-bond acceptors (Lipinski definition) is 3. The third-order valence-corrected chi connectivity index (χ3v) is 11.0. The van der Waals surface area contributed by atoms with E-state index in [-0.39, 0.29) is 34.9 Å². The van der Waals surface area contributed by atoms with E-state index in [2.05, 4.69) is 52.5 Å². The molecule has 1 N–H and O–H groups in total. The van der Waals surface area contributed by atoms with E-state index < -0.39 is 11.1 Å². The summed E-state index contributed by atoms with van der Waals surface area (Å²) < 4.78 is 6.59. The molecule has 0 unspecified atom stereocenters. The van der Waals surface area contributed by atoms with E-state index in [1.807, 2.05) is 30.9 Å². The number of ether oxygens (including phenoxy) is 1. The van der Waals surface area contributed by atoms with Crippen LogP contribution in [0.15, 0.2) is 49.1 Å². The van der Waals surface area contributed by atoms with Crippen molar-refractivity contribution in [1.29, 1.82) is 0 Å². The Bertz CT molecular complexity index is 1100. The van der Waals surface area contributed by atoms with Gasteiger partial charge in [0.05, 0.1) is 29.3 Å². The predicted octanol–water partition coefficient (Wildman–Crippen LogP) is 7.18. The summed E-state index contributed by atoms with van der Waals surface area (Å²) in [6.45, 7) is 21.5. The van der Waals surface area contributed by atoms with Crippen molar-refractivity contribution < 1.29 is 14.6 Å². The van der Waals surface area contributed by atoms with E-state index in [0.29, 0.717) is 11.8 Å². The molecule has 2 saturated carbocycles. The molecule has 7 atom stereocenters. The van der Waals surface area contributed by atoms with E-state index in [1.54, 1.807) is 0 Å². The molecule has 1 saturated heterocycles. The number of nitrogens with zero attached hydrogens (tertiary/aromatic N) is 1. The zero-order valence-electron chi connectivity index (χ0n) is 23.8. The maximum absolute atomic E-state index is 13.9. The molecule has 2 heterocycles. The van der Waals surface area contributed by atoms with Gasteiger partial charge >= 0.3 is 0 Å². The molecule has 4 heteroatoms. The zero-order valence-corrected chi connectivity index (χ0v) is 23.8. The van der Waals surface area contributed by atoms with Gasteiger partial charge in [0.1, 0.15) is 0 Å². The van der Waals surface area contributed by atoms with Crippen molar-refractivity contribution in [2.45, 2.75) is 116 Å². The van der Waals surface area contributed by atoms with Gasteiger partial charge in [-0.2, -0.15) is 0 Å². The van der Waals surface area contributed by atoms with E-state index >= 15 is 0 Å². The second-order valence-corrected chi connectivity index (χ2v) is 14.0. The van der Waals surface area contributed by atoms with Gasteiger partial charge < -0.3 is 14.7 Å². The average molecular weight is 506 g/mol. The van der Waals surface area contributed by atoms with Crippen molar-refractivity contribution in [3.8, 4) is 0 Å². The highest BCUT2D eigenvalue weighted by Gasteiger charge is 2.60. The molecule has 1 amide bonds. The van der Waals surface area contributed by atoms with E-state index in [4.69, 9.17) is 11.3 Å². The van der Waals surface area contributed by atoms with Crippen LogP contribution in [-0.2, 0) is 9.53 Å². The Kier molecular flexibility index (Phi) is 6.35. The van der Waals surface area contributed by atoms with Crippen molar-refractivity contribution >= 4 is 11.6 Å². The first-order chi connectivity index (χ1) is 17.2. The third-order valence-electron chi connectivity index (χ3n) is 11.0. The van der Waals surface area contributed by atoms with Crippen LogP contribution in [0.2, 0.25) is 0 Å². The topological polar surface area (TPSA) is 49.8 Å². The minimum Gasteiger partial charge on any atom is -0.388 e. The van der Waals surface area contributed by atoms with Crippen LogP contribution in [-0.4, -0.2) is 34.4 Å². The standard InChI is InChI=1S/C33H47NO3/c1-9-30(3,4)34-25-13-11-10-12-23(25)24(29(34)35)20-22-14-15-26-32(7,21(22)2)18-17-28-33(26,8)19-16-27(37-28)31(5,6)36/h9-13,22,24,26-28,36H,1-2,14-20H2,3-8H3/t22-,24-,26+,27-,28-,32+,33-/m0/s1. The monoisotopic (exact) mass is 505 g/mol. The van der Waals surface area contributed by atoms with Crippen LogP contribution >= 0.6 is 0 Å². The molecule has 0 aromatic heterocycles. The van der Waals surface area contributed by atoms with Crippen molar-refractivity contribution in [2.75, 3.05) is 4.90 Å². The molecular weight excluding hydrogens is 458 g/mol. The Labute approximate surface area is 224 Å². The maximum Gasteiger partial charge on any atom is 0.235 e. The Morgan fingerprint density at radius 1 is 1.11 bits per heavy atom. The first-order valence-corrected chi connectivity index (χ1v) is 14.4. The van der Waals surface area contributed by atoms with Gasteiger partial charge in [-0.05, 0) is 107 Å². The quantitative estimate of drug-likeness (QED) is 0.431. The molecule has 202 valence electrons. The van der Waals surface area contributed by atoms with Gasteiger partial charge in [-0.25, -0.2) is 0 Å². The molecular formula is C33H47NO3. The molecule has 4 aliphatic rings. The highest BCUT2D eigenvalue weighted by molar-refractivity contribution is 6.06. The first kappa shape index (κ1) is 26.7. The molecule has 2 aliphatic heterocycles. The summed E-state index contributed by atoms with van der Waals surface area (Å²) in [6.07, 6.45) is 9.10. The Hall–Kier alpha value is -1.91. The number of anilines is 1. The number of carbonyl (C=O) groups excluding carboxylic acids is 1. The van der Waals surface area contributed by atoms with Crippen molar-refractivity contribution in [3.63, 3.8) is 0 Å². The molecule has 5 rings (SSSR count). The van der Waals surface area contributed by atoms with E-state index in [0.717, 1.165) is 56.2 Å². The van der Waals surface area contributed by atoms with Gasteiger partial charge in [0.2, 0.25) is 5.91 Å². The summed E-state index contributed by atoms with van der Waals surface area (Å²) in [4.78, 5) is 15.8. The fraction of sp³-hybridized carbons (Fsp3) is 0.667. The van der Waals surface area contributed by atoms with Crippen LogP contribution in [0.5, 0.6) is 0 Å². The molecule has 1 aromatic carbocycles. The Balaban J connectivity index is 1.38. The summed E-state index contributed by atoms with van der Waals surface area (Å²) in [5.74, 6) is 0.923. The lowest BCUT2D eigenvalue weighted by atomic mass is 9.45. The van der Waals surface area contributed by atoms with Gasteiger partial charge in [0.15, 0.2) is 0 Å². The van der Waals surface area contributed by atoms with Crippen molar-refractivity contribution in [1.82, 2.24) is 0 Å². The zero-order chi connectivity index (χ0) is 27.0. The lowest BCUT2D eigenvalue weighted by molar-refractivity contribution is -0.228. The number of aliphatic hydroxyl groups is 1. The second kappa shape index (κ2) is 8.81. The molecule has 0 radical (unpaired) electrons. The number of fused-ring (bicyclic) bond motifs is 4.